The van der Waals surface area contributed by atoms with Gasteiger partial charge in [-0.3, -0.25) is 4.79 Å². The summed E-state index contributed by atoms with van der Waals surface area (Å²) in [5.74, 6) is 1.73. The Hall–Kier alpha value is -3.15. The third kappa shape index (κ3) is 4.47. The Kier molecular flexibility index (Phi) is 5.60. The van der Waals surface area contributed by atoms with Crippen LogP contribution < -0.4 is 4.74 Å². The van der Waals surface area contributed by atoms with Crippen molar-refractivity contribution in [3.63, 3.8) is 0 Å². The quantitative estimate of drug-likeness (QED) is 0.625. The minimum absolute atomic E-state index is 0.0469. The maximum atomic E-state index is 13.4. The second kappa shape index (κ2) is 8.47. The molecule has 29 heavy (non-hydrogen) atoms. The second-order valence-corrected chi connectivity index (χ2v) is 7.24. The molecule has 0 spiro atoms. The number of amides is 1. The summed E-state index contributed by atoms with van der Waals surface area (Å²) in [5, 5.41) is 0. The fourth-order valence-corrected chi connectivity index (χ4v) is 3.79. The number of hydrogen-bond donors (Lipinski definition) is 0. The van der Waals surface area contributed by atoms with E-state index < -0.39 is 0 Å². The van der Waals surface area contributed by atoms with Gasteiger partial charge in [-0.25, -0.2) is 9.37 Å². The number of oxazole rings is 1. The largest absolute Gasteiger partial charge is 0.497 e. The van der Waals surface area contributed by atoms with Crippen molar-refractivity contribution in [1.82, 2.24) is 9.88 Å². The fraction of sp³-hybridized carbons (Fsp3) is 0.304. The minimum Gasteiger partial charge on any atom is -0.497 e. The number of carbonyl (C=O) groups is 1. The highest BCUT2D eigenvalue weighted by Gasteiger charge is 2.33. The van der Waals surface area contributed by atoms with Crippen molar-refractivity contribution in [2.45, 2.75) is 31.7 Å². The van der Waals surface area contributed by atoms with Crippen LogP contribution in [0.2, 0.25) is 0 Å². The van der Waals surface area contributed by atoms with Crippen LogP contribution in [0, 0.1) is 5.82 Å². The van der Waals surface area contributed by atoms with Crippen LogP contribution in [0.4, 0.5) is 4.39 Å². The lowest BCUT2D eigenvalue weighted by Gasteiger charge is -2.22. The Morgan fingerprint density at radius 3 is 2.90 bits per heavy atom. The van der Waals surface area contributed by atoms with E-state index in [1.807, 2.05) is 35.2 Å². The first-order valence-electron chi connectivity index (χ1n) is 9.74. The van der Waals surface area contributed by atoms with Gasteiger partial charge in [0.25, 0.3) is 0 Å². The summed E-state index contributed by atoms with van der Waals surface area (Å²) in [4.78, 5) is 19.2. The molecule has 4 rings (SSSR count). The Morgan fingerprint density at radius 2 is 2.07 bits per heavy atom. The molecule has 1 atom stereocenters. The van der Waals surface area contributed by atoms with Crippen LogP contribution in [-0.4, -0.2) is 29.4 Å². The number of rotatable bonds is 6. The summed E-state index contributed by atoms with van der Waals surface area (Å²) in [7, 11) is 1.61. The van der Waals surface area contributed by atoms with Gasteiger partial charge in [0.1, 0.15) is 23.4 Å². The summed E-state index contributed by atoms with van der Waals surface area (Å²) in [6.45, 7) is 0.690. The molecule has 2 aromatic carbocycles. The minimum atomic E-state index is -0.271. The van der Waals surface area contributed by atoms with Gasteiger partial charge in [0, 0.05) is 13.0 Å². The monoisotopic (exact) mass is 394 g/mol. The van der Waals surface area contributed by atoms with E-state index in [0.717, 1.165) is 29.7 Å². The van der Waals surface area contributed by atoms with E-state index in [9.17, 15) is 9.18 Å². The number of methoxy groups -OCH3 is 1. The molecule has 1 amide bonds. The maximum Gasteiger partial charge on any atom is 0.227 e. The molecule has 0 radical (unpaired) electrons. The normalized spacial score (nSPS) is 16.2. The molecule has 6 heteroatoms. The lowest BCUT2D eigenvalue weighted by molar-refractivity contribution is -0.131. The molecule has 0 bridgehead atoms. The molecule has 0 saturated carbocycles. The zero-order chi connectivity index (χ0) is 20.2. The fourth-order valence-electron chi connectivity index (χ4n) is 3.79. The van der Waals surface area contributed by atoms with Crippen molar-refractivity contribution in [3.05, 3.63) is 83.3 Å². The van der Waals surface area contributed by atoms with Crippen molar-refractivity contribution in [2.24, 2.45) is 0 Å². The van der Waals surface area contributed by atoms with Crippen LogP contribution in [0.15, 0.2) is 59.1 Å². The van der Waals surface area contributed by atoms with Gasteiger partial charge in [0.2, 0.25) is 11.8 Å². The number of benzene rings is 2. The van der Waals surface area contributed by atoms with E-state index in [-0.39, 0.29) is 17.8 Å². The van der Waals surface area contributed by atoms with Gasteiger partial charge in [0.15, 0.2) is 0 Å². The van der Waals surface area contributed by atoms with Crippen LogP contribution >= 0.6 is 0 Å². The topological polar surface area (TPSA) is 55.6 Å². The third-order valence-electron chi connectivity index (χ3n) is 5.19. The number of halogens is 1. The molecule has 1 aliphatic heterocycles. The number of nitrogens with zero attached hydrogens (tertiary/aromatic N) is 2. The third-order valence-corrected chi connectivity index (χ3v) is 5.19. The Labute approximate surface area is 169 Å². The van der Waals surface area contributed by atoms with E-state index >= 15 is 0 Å². The second-order valence-electron chi connectivity index (χ2n) is 7.24. The van der Waals surface area contributed by atoms with E-state index in [0.29, 0.717) is 31.0 Å². The molecule has 150 valence electrons. The van der Waals surface area contributed by atoms with E-state index in [1.54, 1.807) is 19.4 Å². The average molecular weight is 394 g/mol. The van der Waals surface area contributed by atoms with Gasteiger partial charge >= 0.3 is 0 Å². The van der Waals surface area contributed by atoms with Gasteiger partial charge in [-0.05, 0) is 48.2 Å². The summed E-state index contributed by atoms with van der Waals surface area (Å²) in [6, 6.07) is 13.8. The van der Waals surface area contributed by atoms with Crippen LogP contribution in [0.3, 0.4) is 0 Å². The summed E-state index contributed by atoms with van der Waals surface area (Å²) in [5.41, 5.74) is 1.74. The van der Waals surface area contributed by atoms with Crippen molar-refractivity contribution in [2.75, 3.05) is 13.7 Å². The lowest BCUT2D eigenvalue weighted by atomic mass is 10.1. The van der Waals surface area contributed by atoms with Crippen LogP contribution in [0.5, 0.6) is 5.75 Å². The van der Waals surface area contributed by atoms with E-state index in [4.69, 9.17) is 9.15 Å². The smallest absolute Gasteiger partial charge is 0.227 e. The lowest BCUT2D eigenvalue weighted by Crippen LogP contribution is -2.32. The van der Waals surface area contributed by atoms with Crippen molar-refractivity contribution in [3.8, 4) is 5.75 Å². The highest BCUT2D eigenvalue weighted by atomic mass is 19.1. The number of likely N-dealkylation sites (tertiary alicyclic amines) is 1. The number of aromatic nitrogens is 1. The van der Waals surface area contributed by atoms with Gasteiger partial charge in [0.05, 0.1) is 19.7 Å². The first-order chi connectivity index (χ1) is 14.1. The molecule has 2 heterocycles. The van der Waals surface area contributed by atoms with Gasteiger partial charge in [-0.2, -0.15) is 0 Å². The molecule has 1 saturated heterocycles. The Balaban J connectivity index is 1.45. The summed E-state index contributed by atoms with van der Waals surface area (Å²) >= 11 is 0. The predicted molar refractivity (Wildman–Crippen MR) is 106 cm³/mol. The molecule has 5 nitrogen and oxygen atoms in total. The zero-order valence-electron chi connectivity index (χ0n) is 16.3. The van der Waals surface area contributed by atoms with Crippen molar-refractivity contribution < 1.29 is 18.3 Å². The van der Waals surface area contributed by atoms with Crippen LogP contribution in [0.25, 0.3) is 0 Å². The molecular formula is C23H23FN2O3. The number of hydrogen-bond acceptors (Lipinski definition) is 4. The molecular weight excluding hydrogens is 371 g/mol. The predicted octanol–water partition coefficient (Wildman–Crippen LogP) is 4.32. The summed E-state index contributed by atoms with van der Waals surface area (Å²) in [6.07, 6.45) is 4.18. The molecule has 1 aliphatic rings. The number of carbonyl (C=O) groups excluding carboxylic acids is 1. The molecule has 0 N–H and O–H groups in total. The SMILES string of the molecule is COc1cccc(CC(=O)N2CCC[C@H]2c2ncc(Cc3cccc(F)c3)o2)c1. The molecule has 1 fully saturated rings. The zero-order valence-corrected chi connectivity index (χ0v) is 16.3. The van der Waals surface area contributed by atoms with Gasteiger partial charge in [-0.1, -0.05) is 24.3 Å². The van der Waals surface area contributed by atoms with Crippen molar-refractivity contribution in [1.29, 1.82) is 0 Å². The van der Waals surface area contributed by atoms with E-state index in [2.05, 4.69) is 4.98 Å². The molecule has 3 aromatic rings. The first-order valence-corrected chi connectivity index (χ1v) is 9.74. The first kappa shape index (κ1) is 19.2. The average Bonchev–Trinajstić information content (AvgIpc) is 3.37. The standard InChI is InChI=1S/C23H23FN2O3/c1-28-19-8-3-6-17(12-19)14-22(27)26-10-4-9-21(26)23-25-15-20(29-23)13-16-5-2-7-18(24)11-16/h2-3,5-8,11-12,15,21H,4,9-10,13-14H2,1H3/t21-/m0/s1. The molecule has 0 unspecified atom stereocenters. The van der Waals surface area contributed by atoms with Gasteiger partial charge < -0.3 is 14.1 Å². The Bertz CT molecular complexity index is 1000. The highest BCUT2D eigenvalue weighted by molar-refractivity contribution is 5.79. The van der Waals surface area contributed by atoms with Crippen LogP contribution in [0.1, 0.15) is 41.7 Å². The van der Waals surface area contributed by atoms with E-state index in [1.165, 1.54) is 12.1 Å². The highest BCUT2D eigenvalue weighted by Crippen LogP contribution is 2.32. The Morgan fingerprint density at radius 1 is 1.24 bits per heavy atom. The summed E-state index contributed by atoms with van der Waals surface area (Å²) < 4.78 is 24.6. The maximum absolute atomic E-state index is 13.4. The van der Waals surface area contributed by atoms with Gasteiger partial charge in [-0.15, -0.1) is 0 Å². The molecule has 1 aromatic heterocycles. The molecule has 0 aliphatic carbocycles. The number of ether oxygens (including phenoxy) is 1. The van der Waals surface area contributed by atoms with Crippen LogP contribution in [-0.2, 0) is 17.6 Å². The van der Waals surface area contributed by atoms with Crippen molar-refractivity contribution >= 4 is 5.91 Å².